The second kappa shape index (κ2) is 7.87. The van der Waals surface area contributed by atoms with E-state index >= 15 is 0 Å². The molecule has 0 spiro atoms. The standard InChI is InChI=1S/C26H28BrNO/c1-18(2)23-7-5-6-8-25(23)28-16-15-19-17-22(29-4)13-14-24(19)26(28,3)20-9-11-21(27)12-10-20/h5-14,17-18H,15-16H2,1-4H3. The summed E-state index contributed by atoms with van der Waals surface area (Å²) in [7, 11) is 1.74. The first kappa shape index (κ1) is 20.0. The van der Waals surface area contributed by atoms with Crippen molar-refractivity contribution in [1.29, 1.82) is 0 Å². The van der Waals surface area contributed by atoms with E-state index in [1.54, 1.807) is 7.11 Å². The predicted molar refractivity (Wildman–Crippen MR) is 125 cm³/mol. The number of para-hydroxylation sites is 1. The van der Waals surface area contributed by atoms with Crippen molar-refractivity contribution in [1.82, 2.24) is 0 Å². The van der Waals surface area contributed by atoms with Crippen LogP contribution in [-0.4, -0.2) is 13.7 Å². The van der Waals surface area contributed by atoms with Gasteiger partial charge in [0.1, 0.15) is 5.75 Å². The van der Waals surface area contributed by atoms with Gasteiger partial charge in [0, 0.05) is 16.7 Å². The van der Waals surface area contributed by atoms with Crippen LogP contribution in [-0.2, 0) is 12.0 Å². The third-order valence-corrected chi connectivity index (χ3v) is 6.77. The van der Waals surface area contributed by atoms with Gasteiger partial charge < -0.3 is 9.64 Å². The summed E-state index contributed by atoms with van der Waals surface area (Å²) in [5.74, 6) is 1.40. The molecule has 3 aromatic rings. The number of fused-ring (bicyclic) bond motifs is 1. The summed E-state index contributed by atoms with van der Waals surface area (Å²) in [6, 6.07) is 24.2. The highest BCUT2D eigenvalue weighted by atomic mass is 79.9. The Labute approximate surface area is 182 Å². The number of hydrogen-bond acceptors (Lipinski definition) is 2. The number of nitrogens with zero attached hydrogens (tertiary/aromatic N) is 1. The van der Waals surface area contributed by atoms with Crippen LogP contribution in [0.25, 0.3) is 0 Å². The summed E-state index contributed by atoms with van der Waals surface area (Å²) >= 11 is 3.60. The maximum atomic E-state index is 5.51. The lowest BCUT2D eigenvalue weighted by atomic mass is 9.76. The zero-order valence-corrected chi connectivity index (χ0v) is 19.2. The molecule has 0 amide bonds. The van der Waals surface area contributed by atoms with Crippen LogP contribution in [0.3, 0.4) is 0 Å². The van der Waals surface area contributed by atoms with Crippen molar-refractivity contribution in [2.24, 2.45) is 0 Å². The second-order valence-corrected chi connectivity index (χ2v) is 9.13. The molecule has 0 aromatic heterocycles. The van der Waals surface area contributed by atoms with Crippen molar-refractivity contribution in [2.45, 2.75) is 38.6 Å². The van der Waals surface area contributed by atoms with E-state index in [1.165, 1.54) is 27.9 Å². The van der Waals surface area contributed by atoms with Gasteiger partial charge in [-0.1, -0.05) is 66.2 Å². The Balaban J connectivity index is 1.95. The second-order valence-electron chi connectivity index (χ2n) is 8.22. The first-order valence-electron chi connectivity index (χ1n) is 10.2. The van der Waals surface area contributed by atoms with Gasteiger partial charge in [0.25, 0.3) is 0 Å². The van der Waals surface area contributed by atoms with Crippen LogP contribution in [0.4, 0.5) is 5.69 Å². The summed E-state index contributed by atoms with van der Waals surface area (Å²) < 4.78 is 6.61. The molecule has 0 N–H and O–H groups in total. The number of methoxy groups -OCH3 is 1. The van der Waals surface area contributed by atoms with Gasteiger partial charge in [-0.15, -0.1) is 0 Å². The Morgan fingerprint density at radius 3 is 2.41 bits per heavy atom. The molecule has 4 rings (SSSR count). The van der Waals surface area contributed by atoms with Crippen molar-refractivity contribution in [3.05, 3.63) is 93.5 Å². The SMILES string of the molecule is COc1ccc2c(c1)CCN(c1ccccc1C(C)C)C2(C)c1ccc(Br)cc1. The highest BCUT2D eigenvalue weighted by Crippen LogP contribution is 2.46. The molecule has 0 radical (unpaired) electrons. The fourth-order valence-electron chi connectivity index (χ4n) is 4.65. The lowest BCUT2D eigenvalue weighted by Crippen LogP contribution is -2.50. The van der Waals surface area contributed by atoms with E-state index in [2.05, 4.69) is 108 Å². The van der Waals surface area contributed by atoms with Gasteiger partial charge in [0.15, 0.2) is 0 Å². The fourth-order valence-corrected chi connectivity index (χ4v) is 4.91. The maximum absolute atomic E-state index is 5.51. The number of anilines is 1. The van der Waals surface area contributed by atoms with E-state index in [1.807, 2.05) is 0 Å². The van der Waals surface area contributed by atoms with Crippen LogP contribution in [0.15, 0.2) is 71.2 Å². The average Bonchev–Trinajstić information content (AvgIpc) is 2.74. The molecule has 2 nitrogen and oxygen atoms in total. The van der Waals surface area contributed by atoms with E-state index in [9.17, 15) is 0 Å². The minimum absolute atomic E-state index is 0.258. The van der Waals surface area contributed by atoms with Gasteiger partial charge in [-0.2, -0.15) is 0 Å². The van der Waals surface area contributed by atoms with Crippen LogP contribution in [0.1, 0.15) is 48.9 Å². The minimum Gasteiger partial charge on any atom is -0.497 e. The first-order chi connectivity index (χ1) is 13.9. The molecule has 0 bridgehead atoms. The molecule has 1 aliphatic rings. The smallest absolute Gasteiger partial charge is 0.119 e. The van der Waals surface area contributed by atoms with Crippen LogP contribution in [0, 0.1) is 0 Å². The van der Waals surface area contributed by atoms with Gasteiger partial charge >= 0.3 is 0 Å². The third kappa shape index (κ3) is 3.46. The predicted octanol–water partition coefficient (Wildman–Crippen LogP) is 6.91. The van der Waals surface area contributed by atoms with Crippen LogP contribution in [0.2, 0.25) is 0 Å². The zero-order valence-electron chi connectivity index (χ0n) is 17.6. The molecule has 3 heteroatoms. The van der Waals surface area contributed by atoms with Crippen molar-refractivity contribution >= 4 is 21.6 Å². The molecule has 1 aliphatic heterocycles. The topological polar surface area (TPSA) is 12.5 Å². The quantitative estimate of drug-likeness (QED) is 0.428. The molecular formula is C26H28BrNO. The van der Waals surface area contributed by atoms with E-state index < -0.39 is 0 Å². The zero-order chi connectivity index (χ0) is 20.6. The molecule has 0 saturated heterocycles. The Hall–Kier alpha value is -2.26. The lowest BCUT2D eigenvalue weighted by molar-refractivity contribution is 0.411. The highest BCUT2D eigenvalue weighted by Gasteiger charge is 2.41. The number of halogens is 1. The van der Waals surface area contributed by atoms with E-state index in [0.29, 0.717) is 5.92 Å². The van der Waals surface area contributed by atoms with Gasteiger partial charge in [0.05, 0.1) is 12.6 Å². The molecule has 29 heavy (non-hydrogen) atoms. The van der Waals surface area contributed by atoms with E-state index in [0.717, 1.165) is 23.2 Å². The molecule has 1 atom stereocenters. The number of benzene rings is 3. The van der Waals surface area contributed by atoms with Crippen LogP contribution in [0.5, 0.6) is 5.75 Å². The number of rotatable bonds is 4. The normalized spacial score (nSPS) is 18.6. The Morgan fingerprint density at radius 2 is 1.72 bits per heavy atom. The Bertz CT molecular complexity index is 1010. The van der Waals surface area contributed by atoms with Crippen LogP contribution < -0.4 is 9.64 Å². The third-order valence-electron chi connectivity index (χ3n) is 6.24. The highest BCUT2D eigenvalue weighted by molar-refractivity contribution is 9.10. The van der Waals surface area contributed by atoms with Crippen molar-refractivity contribution < 1.29 is 4.74 Å². The summed E-state index contributed by atoms with van der Waals surface area (Å²) in [6.45, 7) is 7.88. The van der Waals surface area contributed by atoms with E-state index in [4.69, 9.17) is 4.74 Å². The van der Waals surface area contributed by atoms with Gasteiger partial charge in [-0.05, 0) is 71.8 Å². The first-order valence-corrected chi connectivity index (χ1v) is 11.0. The number of ether oxygens (including phenoxy) is 1. The summed E-state index contributed by atoms with van der Waals surface area (Å²) in [5, 5.41) is 0. The summed E-state index contributed by atoms with van der Waals surface area (Å²) in [5.41, 5.74) is 6.48. The van der Waals surface area contributed by atoms with Gasteiger partial charge in [0.2, 0.25) is 0 Å². The minimum atomic E-state index is -0.258. The molecule has 0 saturated carbocycles. The largest absolute Gasteiger partial charge is 0.497 e. The average molecular weight is 450 g/mol. The van der Waals surface area contributed by atoms with Crippen molar-refractivity contribution in [3.8, 4) is 5.75 Å². The Morgan fingerprint density at radius 1 is 1.00 bits per heavy atom. The van der Waals surface area contributed by atoms with Gasteiger partial charge in [-0.3, -0.25) is 0 Å². The molecule has 150 valence electrons. The summed E-state index contributed by atoms with van der Waals surface area (Å²) in [4.78, 5) is 2.60. The maximum Gasteiger partial charge on any atom is 0.119 e. The van der Waals surface area contributed by atoms with Gasteiger partial charge in [-0.25, -0.2) is 0 Å². The fraction of sp³-hybridized carbons (Fsp3) is 0.308. The molecular weight excluding hydrogens is 422 g/mol. The lowest BCUT2D eigenvalue weighted by Gasteiger charge is -2.49. The molecule has 0 fully saturated rings. The molecule has 0 aliphatic carbocycles. The summed E-state index contributed by atoms with van der Waals surface area (Å²) in [6.07, 6.45) is 1.01. The van der Waals surface area contributed by atoms with E-state index in [-0.39, 0.29) is 5.54 Å². The van der Waals surface area contributed by atoms with Crippen molar-refractivity contribution in [2.75, 3.05) is 18.6 Å². The van der Waals surface area contributed by atoms with Crippen LogP contribution >= 0.6 is 15.9 Å². The molecule has 1 unspecified atom stereocenters. The Kier molecular flexibility index (Phi) is 5.44. The molecule has 1 heterocycles. The monoisotopic (exact) mass is 449 g/mol. The number of hydrogen-bond donors (Lipinski definition) is 0. The van der Waals surface area contributed by atoms with Crippen molar-refractivity contribution in [3.63, 3.8) is 0 Å². The molecule has 3 aromatic carbocycles.